The fourth-order valence-corrected chi connectivity index (χ4v) is 3.78. The van der Waals surface area contributed by atoms with Crippen LogP contribution in [0.2, 0.25) is 0 Å². The second-order valence-electron chi connectivity index (χ2n) is 8.23. The van der Waals surface area contributed by atoms with E-state index in [-0.39, 0.29) is 5.56 Å². The Morgan fingerprint density at radius 3 is 2.15 bits per heavy atom. The Balaban J connectivity index is 1.54. The molecule has 0 amide bonds. The van der Waals surface area contributed by atoms with Crippen LogP contribution in [-0.4, -0.2) is 23.7 Å². The highest BCUT2D eigenvalue weighted by molar-refractivity contribution is 6.05. The second-order valence-corrected chi connectivity index (χ2v) is 8.23. The van der Waals surface area contributed by atoms with Crippen molar-refractivity contribution in [3.8, 4) is 11.5 Å². The molecule has 1 N–H and O–H groups in total. The molecule has 0 fully saturated rings. The number of esters is 1. The number of fused-ring (bicyclic) bond motifs is 1. The van der Waals surface area contributed by atoms with Gasteiger partial charge in [-0.2, -0.15) is 0 Å². The summed E-state index contributed by atoms with van der Waals surface area (Å²) in [5.74, 6) is -0.425. The number of carboxylic acids is 1. The fourth-order valence-electron chi connectivity index (χ4n) is 3.78. The van der Waals surface area contributed by atoms with E-state index in [1.54, 1.807) is 6.07 Å². The van der Waals surface area contributed by atoms with E-state index in [9.17, 15) is 9.59 Å². The first-order valence-electron chi connectivity index (χ1n) is 11.8. The van der Waals surface area contributed by atoms with Crippen LogP contribution in [0.3, 0.4) is 0 Å². The molecule has 5 nitrogen and oxygen atoms in total. The number of carboxylic acid groups (broad SMARTS) is 1. The Morgan fingerprint density at radius 1 is 0.788 bits per heavy atom. The van der Waals surface area contributed by atoms with Crippen LogP contribution in [0.1, 0.15) is 79.0 Å². The van der Waals surface area contributed by atoms with Crippen LogP contribution in [0.15, 0.2) is 60.7 Å². The van der Waals surface area contributed by atoms with Crippen molar-refractivity contribution in [3.63, 3.8) is 0 Å². The number of ether oxygens (including phenoxy) is 2. The molecule has 3 rings (SSSR count). The highest BCUT2D eigenvalue weighted by Crippen LogP contribution is 2.25. The van der Waals surface area contributed by atoms with Crippen molar-refractivity contribution in [2.45, 2.75) is 58.3 Å². The average Bonchev–Trinajstić information content (AvgIpc) is 2.82. The molecule has 3 aromatic rings. The average molecular weight is 449 g/mol. The van der Waals surface area contributed by atoms with Crippen LogP contribution in [0.5, 0.6) is 11.5 Å². The van der Waals surface area contributed by atoms with Crippen LogP contribution in [0.4, 0.5) is 0 Å². The standard InChI is InChI=1S/C28H32O5/c1-2-3-4-5-6-7-8-9-19-32-24-17-18-25-22(20-24)11-10-12-26(25)28(31)33-23-15-13-21(14-16-23)27(29)30/h10-18,20H,2-9,19H2,1H3,(H,29,30). The van der Waals surface area contributed by atoms with Gasteiger partial charge in [0.1, 0.15) is 11.5 Å². The summed E-state index contributed by atoms with van der Waals surface area (Å²) < 4.78 is 11.4. The van der Waals surface area contributed by atoms with E-state index >= 15 is 0 Å². The molecule has 0 aliphatic carbocycles. The van der Waals surface area contributed by atoms with Crippen molar-refractivity contribution < 1.29 is 24.2 Å². The van der Waals surface area contributed by atoms with Crippen LogP contribution >= 0.6 is 0 Å². The summed E-state index contributed by atoms with van der Waals surface area (Å²) in [5.41, 5.74) is 0.587. The molecule has 0 spiro atoms. The van der Waals surface area contributed by atoms with E-state index in [0.717, 1.165) is 22.9 Å². The van der Waals surface area contributed by atoms with Crippen LogP contribution in [-0.2, 0) is 0 Å². The highest BCUT2D eigenvalue weighted by Gasteiger charge is 2.13. The summed E-state index contributed by atoms with van der Waals surface area (Å²) in [7, 11) is 0. The van der Waals surface area contributed by atoms with Gasteiger partial charge in [0.05, 0.1) is 17.7 Å². The van der Waals surface area contributed by atoms with Crippen molar-refractivity contribution in [1.82, 2.24) is 0 Å². The number of unbranched alkanes of at least 4 members (excludes halogenated alkanes) is 7. The molecule has 0 atom stereocenters. The molecule has 0 saturated carbocycles. The lowest BCUT2D eigenvalue weighted by atomic mass is 10.0. The number of aromatic carboxylic acids is 1. The zero-order chi connectivity index (χ0) is 23.5. The lowest BCUT2D eigenvalue weighted by molar-refractivity contribution is 0.0696. The SMILES string of the molecule is CCCCCCCCCCOc1ccc2c(C(=O)Oc3ccc(C(=O)O)cc3)cccc2c1. The van der Waals surface area contributed by atoms with Crippen molar-refractivity contribution >= 4 is 22.7 Å². The van der Waals surface area contributed by atoms with Gasteiger partial charge in [-0.3, -0.25) is 0 Å². The van der Waals surface area contributed by atoms with Gasteiger partial charge in [0.2, 0.25) is 0 Å². The Kier molecular flexibility index (Phi) is 9.31. The monoisotopic (exact) mass is 448 g/mol. The Labute approximate surface area is 195 Å². The molecule has 0 unspecified atom stereocenters. The molecular formula is C28H32O5. The normalized spacial score (nSPS) is 10.8. The summed E-state index contributed by atoms with van der Waals surface area (Å²) >= 11 is 0. The molecular weight excluding hydrogens is 416 g/mol. The summed E-state index contributed by atoms with van der Waals surface area (Å²) in [5, 5.41) is 10.7. The van der Waals surface area contributed by atoms with Gasteiger partial charge in [-0.1, -0.05) is 64.0 Å². The quantitative estimate of drug-likeness (QED) is 0.169. The number of carbonyl (C=O) groups excluding carboxylic acids is 1. The Bertz CT molecular complexity index is 1060. The molecule has 0 saturated heterocycles. The fraction of sp³-hybridized carbons (Fsp3) is 0.357. The topological polar surface area (TPSA) is 72.8 Å². The van der Waals surface area contributed by atoms with E-state index in [4.69, 9.17) is 14.6 Å². The molecule has 33 heavy (non-hydrogen) atoms. The van der Waals surface area contributed by atoms with Gasteiger partial charge in [-0.05, 0) is 65.7 Å². The number of carbonyl (C=O) groups is 2. The zero-order valence-corrected chi connectivity index (χ0v) is 19.2. The molecule has 0 radical (unpaired) electrons. The molecule has 0 aliphatic heterocycles. The molecule has 174 valence electrons. The summed E-state index contributed by atoms with van der Waals surface area (Å²) in [4.78, 5) is 23.7. The van der Waals surface area contributed by atoms with Crippen molar-refractivity contribution in [1.29, 1.82) is 0 Å². The lowest BCUT2D eigenvalue weighted by Crippen LogP contribution is -2.09. The van der Waals surface area contributed by atoms with E-state index in [0.29, 0.717) is 17.9 Å². The molecule has 0 aliphatic rings. The minimum Gasteiger partial charge on any atom is -0.494 e. The Hall–Kier alpha value is -3.34. The predicted molar refractivity (Wildman–Crippen MR) is 130 cm³/mol. The Morgan fingerprint density at radius 2 is 1.45 bits per heavy atom. The highest BCUT2D eigenvalue weighted by atomic mass is 16.5. The smallest absolute Gasteiger partial charge is 0.344 e. The first-order chi connectivity index (χ1) is 16.1. The summed E-state index contributed by atoms with van der Waals surface area (Å²) in [6, 6.07) is 16.9. The molecule has 3 aromatic carbocycles. The maximum Gasteiger partial charge on any atom is 0.344 e. The van der Waals surface area contributed by atoms with Gasteiger partial charge in [0.25, 0.3) is 0 Å². The molecule has 5 heteroatoms. The first kappa shape index (κ1) is 24.3. The molecule has 0 heterocycles. The van der Waals surface area contributed by atoms with Crippen molar-refractivity contribution in [2.24, 2.45) is 0 Å². The second kappa shape index (κ2) is 12.6. The van der Waals surface area contributed by atoms with Gasteiger partial charge >= 0.3 is 11.9 Å². The molecule has 0 bridgehead atoms. The third-order valence-electron chi connectivity index (χ3n) is 5.65. The van der Waals surface area contributed by atoms with Gasteiger partial charge in [0.15, 0.2) is 0 Å². The third kappa shape index (κ3) is 7.35. The van der Waals surface area contributed by atoms with Gasteiger partial charge < -0.3 is 14.6 Å². The van der Waals surface area contributed by atoms with E-state index in [2.05, 4.69) is 6.92 Å². The molecule has 0 aromatic heterocycles. The lowest BCUT2D eigenvalue weighted by Gasteiger charge is -2.10. The maximum atomic E-state index is 12.7. The van der Waals surface area contributed by atoms with Crippen LogP contribution in [0.25, 0.3) is 10.8 Å². The largest absolute Gasteiger partial charge is 0.494 e. The van der Waals surface area contributed by atoms with Crippen molar-refractivity contribution in [2.75, 3.05) is 6.61 Å². The predicted octanol–water partition coefficient (Wildman–Crippen LogP) is 7.28. The summed E-state index contributed by atoms with van der Waals surface area (Å²) in [6.45, 7) is 2.93. The van der Waals surface area contributed by atoms with Gasteiger partial charge in [0, 0.05) is 0 Å². The zero-order valence-electron chi connectivity index (χ0n) is 19.2. The minimum atomic E-state index is -1.03. The minimum absolute atomic E-state index is 0.138. The van der Waals surface area contributed by atoms with Gasteiger partial charge in [-0.25, -0.2) is 9.59 Å². The number of rotatable bonds is 13. The van der Waals surface area contributed by atoms with E-state index < -0.39 is 11.9 Å². The first-order valence-corrected chi connectivity index (χ1v) is 11.8. The van der Waals surface area contributed by atoms with E-state index in [1.807, 2.05) is 30.3 Å². The number of benzene rings is 3. The number of hydrogen-bond acceptors (Lipinski definition) is 4. The van der Waals surface area contributed by atoms with E-state index in [1.165, 1.54) is 69.2 Å². The van der Waals surface area contributed by atoms with Crippen LogP contribution in [0, 0.1) is 0 Å². The number of hydrogen-bond donors (Lipinski definition) is 1. The van der Waals surface area contributed by atoms with Gasteiger partial charge in [-0.15, -0.1) is 0 Å². The van der Waals surface area contributed by atoms with Crippen LogP contribution < -0.4 is 9.47 Å². The van der Waals surface area contributed by atoms with Crippen molar-refractivity contribution in [3.05, 3.63) is 71.8 Å². The third-order valence-corrected chi connectivity index (χ3v) is 5.65. The maximum absolute atomic E-state index is 12.7. The summed E-state index contributed by atoms with van der Waals surface area (Å²) in [6.07, 6.45) is 10.1.